The van der Waals surface area contributed by atoms with Crippen molar-refractivity contribution in [2.75, 3.05) is 5.32 Å². The fraction of sp³-hybridized carbons (Fsp3) is 0.118. The second-order valence-corrected chi connectivity index (χ2v) is 4.91. The van der Waals surface area contributed by atoms with Crippen LogP contribution in [-0.2, 0) is 6.42 Å². The number of amides is 1. The van der Waals surface area contributed by atoms with Gasteiger partial charge in [-0.25, -0.2) is 4.39 Å². The summed E-state index contributed by atoms with van der Waals surface area (Å²) in [6.07, 6.45) is 0.685. The number of anilines is 1. The summed E-state index contributed by atoms with van der Waals surface area (Å²) in [6, 6.07) is 12.5. The van der Waals surface area contributed by atoms with Crippen molar-refractivity contribution in [2.24, 2.45) is 0 Å². The number of carbonyl (C=O) groups excluding carboxylic acids is 1. The second-order valence-electron chi connectivity index (χ2n) is 4.91. The van der Waals surface area contributed by atoms with E-state index >= 15 is 0 Å². The third-order valence-electron chi connectivity index (χ3n) is 3.26. The Labute approximate surface area is 132 Å². The Balaban J connectivity index is 1.79. The smallest absolute Gasteiger partial charge is 0.257 e. The molecule has 0 radical (unpaired) electrons. The summed E-state index contributed by atoms with van der Waals surface area (Å²) in [5, 5.41) is 6.61. The molecule has 0 spiro atoms. The molecule has 3 aromatic rings. The molecule has 5 nitrogen and oxygen atoms in total. The van der Waals surface area contributed by atoms with Gasteiger partial charge in [0.1, 0.15) is 5.82 Å². The normalized spacial score (nSPS) is 10.5. The van der Waals surface area contributed by atoms with Crippen LogP contribution in [0.3, 0.4) is 0 Å². The zero-order valence-electron chi connectivity index (χ0n) is 12.4. The number of hydrogen-bond donors (Lipinski definition) is 1. The van der Waals surface area contributed by atoms with Crippen molar-refractivity contribution in [2.45, 2.75) is 13.3 Å². The van der Waals surface area contributed by atoms with Gasteiger partial charge >= 0.3 is 0 Å². The van der Waals surface area contributed by atoms with Gasteiger partial charge in [-0.05, 0) is 42.5 Å². The van der Waals surface area contributed by atoms with Crippen molar-refractivity contribution < 1.29 is 13.7 Å². The first kappa shape index (κ1) is 14.9. The molecular weight excluding hydrogens is 297 g/mol. The van der Waals surface area contributed by atoms with Gasteiger partial charge in [0.05, 0.1) is 0 Å². The van der Waals surface area contributed by atoms with Gasteiger partial charge in [-0.1, -0.05) is 18.1 Å². The molecular formula is C17H14FN3O2. The monoisotopic (exact) mass is 311 g/mol. The molecule has 0 unspecified atom stereocenters. The summed E-state index contributed by atoms with van der Waals surface area (Å²) in [4.78, 5) is 16.4. The summed E-state index contributed by atoms with van der Waals surface area (Å²) in [6.45, 7) is 1.94. The number of rotatable bonds is 4. The summed E-state index contributed by atoms with van der Waals surface area (Å²) in [5.74, 6) is 0.328. The maximum absolute atomic E-state index is 12.9. The van der Waals surface area contributed by atoms with Gasteiger partial charge in [0.2, 0.25) is 0 Å². The van der Waals surface area contributed by atoms with E-state index in [0.717, 1.165) is 0 Å². The van der Waals surface area contributed by atoms with E-state index in [2.05, 4.69) is 15.5 Å². The van der Waals surface area contributed by atoms with E-state index in [1.807, 2.05) is 13.0 Å². The van der Waals surface area contributed by atoms with Crippen molar-refractivity contribution in [3.05, 3.63) is 65.7 Å². The first-order chi connectivity index (χ1) is 11.2. The number of halogens is 1. The van der Waals surface area contributed by atoms with Crippen molar-refractivity contribution in [1.82, 2.24) is 10.1 Å². The number of benzene rings is 2. The van der Waals surface area contributed by atoms with E-state index < -0.39 is 0 Å². The molecule has 2 aromatic carbocycles. The Morgan fingerprint density at radius 1 is 1.22 bits per heavy atom. The van der Waals surface area contributed by atoms with Crippen molar-refractivity contribution in [1.29, 1.82) is 0 Å². The zero-order chi connectivity index (χ0) is 16.2. The molecule has 0 atom stereocenters. The van der Waals surface area contributed by atoms with Gasteiger partial charge in [-0.2, -0.15) is 4.98 Å². The molecule has 116 valence electrons. The third-order valence-corrected chi connectivity index (χ3v) is 3.26. The highest BCUT2D eigenvalue weighted by Gasteiger charge is 2.10. The third kappa shape index (κ3) is 3.42. The van der Waals surface area contributed by atoms with Crippen LogP contribution < -0.4 is 5.32 Å². The summed E-state index contributed by atoms with van der Waals surface area (Å²) < 4.78 is 18.1. The topological polar surface area (TPSA) is 68.0 Å². The molecule has 0 aliphatic rings. The Morgan fingerprint density at radius 3 is 2.70 bits per heavy atom. The quantitative estimate of drug-likeness (QED) is 0.798. The standard InChI is InChI=1S/C17H14FN3O2/c1-2-15-20-17(23-21-15)12-4-3-5-14(10-12)19-16(22)11-6-8-13(18)9-7-11/h3-10H,2H2,1H3,(H,19,22). The lowest BCUT2D eigenvalue weighted by atomic mass is 10.1. The predicted molar refractivity (Wildman–Crippen MR) is 83.5 cm³/mol. The van der Waals surface area contributed by atoms with Gasteiger partial charge in [0.15, 0.2) is 5.82 Å². The predicted octanol–water partition coefficient (Wildman–Crippen LogP) is 3.69. The minimum atomic E-state index is -0.383. The molecule has 0 bridgehead atoms. The van der Waals surface area contributed by atoms with Crippen LogP contribution in [0.4, 0.5) is 10.1 Å². The number of aryl methyl sites for hydroxylation is 1. The summed E-state index contributed by atoms with van der Waals surface area (Å²) in [7, 11) is 0. The van der Waals surface area contributed by atoms with Gasteiger partial charge in [0, 0.05) is 23.2 Å². The molecule has 1 aromatic heterocycles. The highest BCUT2D eigenvalue weighted by atomic mass is 19.1. The molecule has 1 heterocycles. The summed E-state index contributed by atoms with van der Waals surface area (Å²) >= 11 is 0. The van der Waals surface area contributed by atoms with E-state index in [9.17, 15) is 9.18 Å². The minimum Gasteiger partial charge on any atom is -0.334 e. The van der Waals surface area contributed by atoms with Crippen LogP contribution in [0.1, 0.15) is 23.1 Å². The Hall–Kier alpha value is -3.02. The maximum Gasteiger partial charge on any atom is 0.257 e. The average Bonchev–Trinajstić information content (AvgIpc) is 3.05. The van der Waals surface area contributed by atoms with Gasteiger partial charge < -0.3 is 9.84 Å². The average molecular weight is 311 g/mol. The van der Waals surface area contributed by atoms with E-state index in [4.69, 9.17) is 4.52 Å². The van der Waals surface area contributed by atoms with E-state index in [1.54, 1.807) is 18.2 Å². The van der Waals surface area contributed by atoms with E-state index in [0.29, 0.717) is 35.0 Å². The highest BCUT2D eigenvalue weighted by Crippen LogP contribution is 2.21. The van der Waals surface area contributed by atoms with Crippen molar-refractivity contribution in [3.63, 3.8) is 0 Å². The molecule has 23 heavy (non-hydrogen) atoms. The van der Waals surface area contributed by atoms with E-state index in [1.165, 1.54) is 24.3 Å². The highest BCUT2D eigenvalue weighted by molar-refractivity contribution is 6.04. The number of aromatic nitrogens is 2. The fourth-order valence-corrected chi connectivity index (χ4v) is 2.05. The largest absolute Gasteiger partial charge is 0.334 e. The SMILES string of the molecule is CCc1noc(-c2cccc(NC(=O)c3ccc(F)cc3)c2)n1. The van der Waals surface area contributed by atoms with Crippen molar-refractivity contribution >= 4 is 11.6 Å². The zero-order valence-corrected chi connectivity index (χ0v) is 12.4. The van der Waals surface area contributed by atoms with Crippen LogP contribution in [0.25, 0.3) is 11.5 Å². The Kier molecular flexibility index (Phi) is 4.14. The van der Waals surface area contributed by atoms with Gasteiger partial charge in [-0.3, -0.25) is 4.79 Å². The molecule has 1 N–H and O–H groups in total. The molecule has 0 saturated carbocycles. The molecule has 0 saturated heterocycles. The number of nitrogens with one attached hydrogen (secondary N) is 1. The number of hydrogen-bond acceptors (Lipinski definition) is 4. The molecule has 0 aliphatic heterocycles. The Morgan fingerprint density at radius 2 is 2.00 bits per heavy atom. The van der Waals surface area contributed by atoms with E-state index in [-0.39, 0.29) is 11.7 Å². The maximum atomic E-state index is 12.9. The van der Waals surface area contributed by atoms with Gasteiger partial charge in [-0.15, -0.1) is 0 Å². The molecule has 0 aliphatic carbocycles. The number of carbonyl (C=O) groups is 1. The lowest BCUT2D eigenvalue weighted by molar-refractivity contribution is 0.102. The second kappa shape index (κ2) is 6.39. The van der Waals surface area contributed by atoms with Crippen molar-refractivity contribution in [3.8, 4) is 11.5 Å². The van der Waals surface area contributed by atoms with Gasteiger partial charge in [0.25, 0.3) is 11.8 Å². The molecule has 6 heteroatoms. The molecule has 3 rings (SSSR count). The van der Waals surface area contributed by atoms with Crippen LogP contribution in [0.2, 0.25) is 0 Å². The summed E-state index contributed by atoms with van der Waals surface area (Å²) in [5.41, 5.74) is 1.69. The molecule has 1 amide bonds. The fourth-order valence-electron chi connectivity index (χ4n) is 2.05. The van der Waals surface area contributed by atoms with Crippen LogP contribution >= 0.6 is 0 Å². The molecule has 0 fully saturated rings. The minimum absolute atomic E-state index is 0.318. The Bertz CT molecular complexity index is 828. The first-order valence-electron chi connectivity index (χ1n) is 7.15. The van der Waals surface area contributed by atoms with Crippen LogP contribution in [-0.4, -0.2) is 16.0 Å². The first-order valence-corrected chi connectivity index (χ1v) is 7.15. The lowest BCUT2D eigenvalue weighted by Crippen LogP contribution is -2.11. The van der Waals surface area contributed by atoms with Crippen LogP contribution in [0, 0.1) is 5.82 Å². The van der Waals surface area contributed by atoms with Crippen LogP contribution in [0.5, 0.6) is 0 Å². The number of nitrogens with zero attached hydrogens (tertiary/aromatic N) is 2. The lowest BCUT2D eigenvalue weighted by Gasteiger charge is -2.06. The van der Waals surface area contributed by atoms with Crippen LogP contribution in [0.15, 0.2) is 53.1 Å².